The minimum atomic E-state index is -4.66. The summed E-state index contributed by atoms with van der Waals surface area (Å²) in [5.74, 6) is -0.431. The predicted molar refractivity (Wildman–Crippen MR) is 62.7 cm³/mol. The van der Waals surface area contributed by atoms with Crippen molar-refractivity contribution in [3.63, 3.8) is 0 Å². The first kappa shape index (κ1) is 13.6. The number of hydrogen-bond donors (Lipinski definition) is 1. The third kappa shape index (κ3) is 2.95. The fraction of sp³-hybridized carbons (Fsp3) is 0.0833. The molecule has 2 N–H and O–H groups in total. The summed E-state index contributed by atoms with van der Waals surface area (Å²) in [6, 6.07) is 5.64. The third-order valence-corrected chi connectivity index (χ3v) is 2.27. The largest absolute Gasteiger partial charge is 0.424 e. The summed E-state index contributed by atoms with van der Waals surface area (Å²) in [6.07, 6.45) is -3.41. The number of nitriles is 1. The molecule has 0 spiro atoms. The highest BCUT2D eigenvalue weighted by atomic mass is 19.4. The number of nitrogens with zero attached hydrogens (tertiary/aromatic N) is 3. The molecule has 2 rings (SSSR count). The van der Waals surface area contributed by atoms with Gasteiger partial charge in [0.1, 0.15) is 11.6 Å². The summed E-state index contributed by atoms with van der Waals surface area (Å²) in [5.41, 5.74) is 4.18. The van der Waals surface area contributed by atoms with Crippen LogP contribution in [0.2, 0.25) is 0 Å². The lowest BCUT2D eigenvalue weighted by Crippen LogP contribution is -2.08. The van der Waals surface area contributed by atoms with Crippen molar-refractivity contribution in [1.82, 2.24) is 9.97 Å². The van der Waals surface area contributed by atoms with E-state index in [1.165, 1.54) is 18.3 Å². The molecular formula is C12H7F3N4O. The molecular weight excluding hydrogens is 273 g/mol. The highest BCUT2D eigenvalue weighted by molar-refractivity contribution is 5.44. The molecule has 0 atom stereocenters. The van der Waals surface area contributed by atoms with Crippen LogP contribution in [0, 0.1) is 11.3 Å². The smallest absolute Gasteiger partial charge is 0.420 e. The number of hydrogen-bond acceptors (Lipinski definition) is 5. The van der Waals surface area contributed by atoms with Gasteiger partial charge in [0, 0.05) is 6.20 Å². The van der Waals surface area contributed by atoms with E-state index in [4.69, 9.17) is 15.7 Å². The highest BCUT2D eigenvalue weighted by Gasteiger charge is 2.35. The van der Waals surface area contributed by atoms with Crippen LogP contribution in [-0.2, 0) is 6.18 Å². The molecule has 0 aliphatic heterocycles. The molecule has 8 heteroatoms. The van der Waals surface area contributed by atoms with E-state index < -0.39 is 17.5 Å². The summed E-state index contributed by atoms with van der Waals surface area (Å²) >= 11 is 0. The molecule has 1 aromatic carbocycles. The van der Waals surface area contributed by atoms with Crippen molar-refractivity contribution in [2.45, 2.75) is 6.18 Å². The molecule has 5 nitrogen and oxygen atoms in total. The highest BCUT2D eigenvalue weighted by Crippen LogP contribution is 2.38. The number of nitrogens with two attached hydrogens (primary N) is 1. The van der Waals surface area contributed by atoms with Gasteiger partial charge in [-0.2, -0.15) is 23.4 Å². The molecule has 0 unspecified atom stereocenters. The van der Waals surface area contributed by atoms with Gasteiger partial charge >= 0.3 is 12.2 Å². The normalized spacial score (nSPS) is 10.9. The molecule has 0 amide bonds. The molecule has 0 saturated heterocycles. The molecule has 0 aliphatic rings. The second kappa shape index (κ2) is 5.05. The first-order valence-electron chi connectivity index (χ1n) is 5.28. The minimum absolute atomic E-state index is 0.0669. The maximum Gasteiger partial charge on any atom is 0.420 e. The standard InChI is InChI=1S/C12H7F3N4O/c13-12(14,15)8-5-7(6-16)1-2-9(8)20-11-18-4-3-10(17)19-11/h1-5H,(H2,17,18,19). The van der Waals surface area contributed by atoms with E-state index in [2.05, 4.69) is 9.97 Å². The monoisotopic (exact) mass is 280 g/mol. The average Bonchev–Trinajstić information content (AvgIpc) is 2.38. The van der Waals surface area contributed by atoms with Crippen LogP contribution < -0.4 is 10.5 Å². The zero-order chi connectivity index (χ0) is 14.8. The van der Waals surface area contributed by atoms with Crippen molar-refractivity contribution in [1.29, 1.82) is 5.26 Å². The molecule has 0 bridgehead atoms. The van der Waals surface area contributed by atoms with E-state index in [9.17, 15) is 13.2 Å². The van der Waals surface area contributed by atoms with Gasteiger partial charge in [-0.05, 0) is 24.3 Å². The van der Waals surface area contributed by atoms with E-state index in [-0.39, 0.29) is 17.4 Å². The van der Waals surface area contributed by atoms with Crippen molar-refractivity contribution in [3.05, 3.63) is 41.6 Å². The second-order valence-corrected chi connectivity index (χ2v) is 3.69. The summed E-state index contributed by atoms with van der Waals surface area (Å²) in [5, 5.41) is 8.65. The molecule has 2 aromatic rings. The Bertz CT molecular complexity index is 679. The van der Waals surface area contributed by atoms with E-state index in [0.717, 1.165) is 6.07 Å². The number of benzene rings is 1. The number of halogens is 3. The molecule has 0 radical (unpaired) electrons. The fourth-order valence-corrected chi connectivity index (χ4v) is 1.41. The van der Waals surface area contributed by atoms with Crippen molar-refractivity contribution in [2.75, 3.05) is 5.73 Å². The Kier molecular flexibility index (Phi) is 3.43. The van der Waals surface area contributed by atoms with Gasteiger partial charge < -0.3 is 10.5 Å². The molecule has 1 aromatic heterocycles. The Hall–Kier alpha value is -2.82. The number of aromatic nitrogens is 2. The average molecular weight is 280 g/mol. The molecule has 0 saturated carbocycles. The van der Waals surface area contributed by atoms with Crippen LogP contribution in [0.1, 0.15) is 11.1 Å². The fourth-order valence-electron chi connectivity index (χ4n) is 1.41. The zero-order valence-electron chi connectivity index (χ0n) is 9.85. The van der Waals surface area contributed by atoms with Gasteiger partial charge in [0.05, 0.1) is 17.2 Å². The predicted octanol–water partition coefficient (Wildman–Crippen LogP) is 2.74. The Morgan fingerprint density at radius 1 is 1.25 bits per heavy atom. The molecule has 102 valence electrons. The van der Waals surface area contributed by atoms with E-state index in [1.54, 1.807) is 6.07 Å². The van der Waals surface area contributed by atoms with E-state index >= 15 is 0 Å². The zero-order valence-corrected chi connectivity index (χ0v) is 9.85. The van der Waals surface area contributed by atoms with Crippen LogP contribution in [-0.4, -0.2) is 9.97 Å². The lowest BCUT2D eigenvalue weighted by atomic mass is 10.1. The van der Waals surface area contributed by atoms with Crippen molar-refractivity contribution < 1.29 is 17.9 Å². The van der Waals surface area contributed by atoms with Gasteiger partial charge in [0.15, 0.2) is 0 Å². The SMILES string of the molecule is N#Cc1ccc(Oc2nccc(N)n2)c(C(F)(F)F)c1. The van der Waals surface area contributed by atoms with Gasteiger partial charge in [-0.15, -0.1) is 0 Å². The maximum atomic E-state index is 12.9. The topological polar surface area (TPSA) is 84.8 Å². The molecule has 1 heterocycles. The lowest BCUT2D eigenvalue weighted by molar-refractivity contribution is -0.138. The summed E-state index contributed by atoms with van der Waals surface area (Å²) in [6.45, 7) is 0. The Morgan fingerprint density at radius 3 is 2.60 bits per heavy atom. The van der Waals surface area contributed by atoms with Crippen LogP contribution >= 0.6 is 0 Å². The van der Waals surface area contributed by atoms with Crippen LogP contribution in [0.25, 0.3) is 0 Å². The van der Waals surface area contributed by atoms with Gasteiger partial charge in [-0.25, -0.2) is 4.98 Å². The van der Waals surface area contributed by atoms with E-state index in [0.29, 0.717) is 6.07 Å². The number of alkyl halides is 3. The Balaban J connectivity index is 2.44. The Morgan fingerprint density at radius 2 is 2.00 bits per heavy atom. The van der Waals surface area contributed by atoms with Crippen molar-refractivity contribution in [3.8, 4) is 17.8 Å². The van der Waals surface area contributed by atoms with Gasteiger partial charge in [-0.1, -0.05) is 0 Å². The molecule has 0 aliphatic carbocycles. The second-order valence-electron chi connectivity index (χ2n) is 3.69. The Labute approximate surface area is 111 Å². The number of anilines is 1. The van der Waals surface area contributed by atoms with E-state index in [1.807, 2.05) is 0 Å². The summed E-state index contributed by atoms with van der Waals surface area (Å²) in [7, 11) is 0. The first-order chi connectivity index (χ1) is 9.40. The summed E-state index contributed by atoms with van der Waals surface area (Å²) in [4.78, 5) is 7.30. The number of ether oxygens (including phenoxy) is 1. The van der Waals surface area contributed by atoms with Crippen LogP contribution in [0.4, 0.5) is 19.0 Å². The lowest BCUT2D eigenvalue weighted by Gasteiger charge is -2.12. The minimum Gasteiger partial charge on any atom is -0.424 e. The van der Waals surface area contributed by atoms with Gasteiger partial charge in [-0.3, -0.25) is 0 Å². The van der Waals surface area contributed by atoms with Crippen LogP contribution in [0.15, 0.2) is 30.5 Å². The third-order valence-electron chi connectivity index (χ3n) is 2.27. The van der Waals surface area contributed by atoms with Gasteiger partial charge in [0.2, 0.25) is 0 Å². The number of rotatable bonds is 2. The van der Waals surface area contributed by atoms with Crippen molar-refractivity contribution in [2.24, 2.45) is 0 Å². The quantitative estimate of drug-likeness (QED) is 0.914. The van der Waals surface area contributed by atoms with Crippen LogP contribution in [0.3, 0.4) is 0 Å². The molecule has 20 heavy (non-hydrogen) atoms. The summed E-state index contributed by atoms with van der Waals surface area (Å²) < 4.78 is 43.7. The number of nitrogen functional groups attached to an aromatic ring is 1. The maximum absolute atomic E-state index is 12.9. The van der Waals surface area contributed by atoms with Gasteiger partial charge in [0.25, 0.3) is 0 Å². The van der Waals surface area contributed by atoms with Crippen LogP contribution in [0.5, 0.6) is 11.8 Å². The first-order valence-corrected chi connectivity index (χ1v) is 5.28. The van der Waals surface area contributed by atoms with Crippen molar-refractivity contribution >= 4 is 5.82 Å². The molecule has 0 fully saturated rings.